The van der Waals surface area contributed by atoms with E-state index in [2.05, 4.69) is 10.1 Å². The number of nitrogens with one attached hydrogen (secondary N) is 1. The molecule has 0 bridgehead atoms. The Hall–Kier alpha value is -1.39. The van der Waals surface area contributed by atoms with Crippen molar-refractivity contribution < 1.29 is 17.9 Å². The number of ether oxygens (including phenoxy) is 1. The topological polar surface area (TPSA) is 21.3 Å². The van der Waals surface area contributed by atoms with Gasteiger partial charge in [-0.3, -0.25) is 0 Å². The maximum atomic E-state index is 13.3. The maximum absolute atomic E-state index is 13.3. The van der Waals surface area contributed by atoms with Crippen molar-refractivity contribution in [1.82, 2.24) is 0 Å². The van der Waals surface area contributed by atoms with Crippen LogP contribution in [0.3, 0.4) is 0 Å². The second-order valence-corrected chi connectivity index (χ2v) is 3.48. The Morgan fingerprint density at radius 1 is 1.38 bits per heavy atom. The highest BCUT2D eigenvalue weighted by atomic mass is 19.3. The molecule has 0 radical (unpaired) electrons. The minimum absolute atomic E-state index is 0.196. The average Bonchev–Trinajstić information content (AvgIpc) is 2.21. The number of benzene rings is 1. The van der Waals surface area contributed by atoms with Crippen LogP contribution in [0.15, 0.2) is 18.2 Å². The van der Waals surface area contributed by atoms with Gasteiger partial charge in [0.05, 0.1) is 0 Å². The molecule has 16 heavy (non-hydrogen) atoms. The van der Waals surface area contributed by atoms with Crippen LogP contribution in [-0.2, 0) is 0 Å². The standard InChI is InChI=1S/C11H14F3NO/c1-3-7(2)15-8-4-5-10(9(12)6-8)16-11(13)14/h4-7,11,15H,3H2,1-2H3. The van der Waals surface area contributed by atoms with Gasteiger partial charge in [-0.15, -0.1) is 0 Å². The van der Waals surface area contributed by atoms with E-state index >= 15 is 0 Å². The molecule has 0 amide bonds. The second-order valence-electron chi connectivity index (χ2n) is 3.48. The number of alkyl halides is 2. The second kappa shape index (κ2) is 5.63. The van der Waals surface area contributed by atoms with Crippen molar-refractivity contribution in [1.29, 1.82) is 0 Å². The molecule has 2 nitrogen and oxygen atoms in total. The van der Waals surface area contributed by atoms with Crippen LogP contribution in [0.5, 0.6) is 5.75 Å². The highest BCUT2D eigenvalue weighted by Gasteiger charge is 2.10. The first kappa shape index (κ1) is 12.7. The number of hydrogen-bond acceptors (Lipinski definition) is 2. The van der Waals surface area contributed by atoms with Crippen LogP contribution in [-0.4, -0.2) is 12.7 Å². The molecule has 0 saturated carbocycles. The Labute approximate surface area is 92.4 Å². The lowest BCUT2D eigenvalue weighted by Crippen LogP contribution is -2.13. The van der Waals surface area contributed by atoms with Gasteiger partial charge in [-0.1, -0.05) is 6.92 Å². The molecule has 0 fully saturated rings. The predicted octanol–water partition coefficient (Wildman–Crippen LogP) is 3.64. The van der Waals surface area contributed by atoms with Crippen molar-refractivity contribution in [2.45, 2.75) is 32.9 Å². The molecular formula is C11H14F3NO. The lowest BCUT2D eigenvalue weighted by atomic mass is 10.2. The zero-order valence-corrected chi connectivity index (χ0v) is 9.14. The van der Waals surface area contributed by atoms with Gasteiger partial charge in [0, 0.05) is 17.8 Å². The van der Waals surface area contributed by atoms with Crippen LogP contribution < -0.4 is 10.1 Å². The fraction of sp³-hybridized carbons (Fsp3) is 0.455. The van der Waals surface area contributed by atoms with Gasteiger partial charge in [-0.05, 0) is 25.5 Å². The normalized spacial score (nSPS) is 12.6. The van der Waals surface area contributed by atoms with E-state index in [1.165, 1.54) is 12.1 Å². The van der Waals surface area contributed by atoms with Crippen molar-refractivity contribution in [3.8, 4) is 5.75 Å². The first-order chi connectivity index (χ1) is 7.52. The van der Waals surface area contributed by atoms with Crippen molar-refractivity contribution >= 4 is 5.69 Å². The zero-order valence-electron chi connectivity index (χ0n) is 9.14. The smallest absolute Gasteiger partial charge is 0.387 e. The summed E-state index contributed by atoms with van der Waals surface area (Å²) in [6.07, 6.45) is 0.886. The monoisotopic (exact) mass is 233 g/mol. The van der Waals surface area contributed by atoms with Gasteiger partial charge in [0.15, 0.2) is 11.6 Å². The Morgan fingerprint density at radius 3 is 2.56 bits per heavy atom. The first-order valence-corrected chi connectivity index (χ1v) is 5.03. The Kier molecular flexibility index (Phi) is 4.46. The Balaban J connectivity index is 2.74. The van der Waals surface area contributed by atoms with Crippen LogP contribution in [0.1, 0.15) is 20.3 Å². The highest BCUT2D eigenvalue weighted by molar-refractivity contribution is 5.47. The SMILES string of the molecule is CCC(C)Nc1ccc(OC(F)F)c(F)c1. The Bertz CT molecular complexity index is 344. The number of rotatable bonds is 5. The molecule has 1 N–H and O–H groups in total. The summed E-state index contributed by atoms with van der Waals surface area (Å²) >= 11 is 0. The first-order valence-electron chi connectivity index (χ1n) is 5.03. The van der Waals surface area contributed by atoms with Gasteiger partial charge >= 0.3 is 6.61 Å². The van der Waals surface area contributed by atoms with Gasteiger partial charge in [-0.2, -0.15) is 8.78 Å². The van der Waals surface area contributed by atoms with Crippen LogP contribution in [0, 0.1) is 5.82 Å². The third-order valence-corrected chi connectivity index (χ3v) is 2.17. The zero-order chi connectivity index (χ0) is 12.1. The van der Waals surface area contributed by atoms with Crippen molar-refractivity contribution in [2.75, 3.05) is 5.32 Å². The van der Waals surface area contributed by atoms with E-state index < -0.39 is 18.2 Å². The van der Waals surface area contributed by atoms with E-state index in [0.717, 1.165) is 12.5 Å². The molecule has 0 aliphatic heterocycles. The molecule has 0 aliphatic carbocycles. The van der Waals surface area contributed by atoms with Crippen LogP contribution >= 0.6 is 0 Å². The van der Waals surface area contributed by atoms with E-state index in [1.54, 1.807) is 0 Å². The van der Waals surface area contributed by atoms with E-state index in [9.17, 15) is 13.2 Å². The van der Waals surface area contributed by atoms with Gasteiger partial charge in [0.2, 0.25) is 0 Å². The largest absolute Gasteiger partial charge is 0.432 e. The molecule has 1 rings (SSSR count). The van der Waals surface area contributed by atoms with Crippen LogP contribution in [0.25, 0.3) is 0 Å². The van der Waals surface area contributed by atoms with Gasteiger partial charge in [-0.25, -0.2) is 4.39 Å². The van der Waals surface area contributed by atoms with E-state index in [-0.39, 0.29) is 6.04 Å². The molecule has 1 unspecified atom stereocenters. The molecule has 90 valence electrons. The van der Waals surface area contributed by atoms with Crippen molar-refractivity contribution in [3.05, 3.63) is 24.0 Å². The van der Waals surface area contributed by atoms with Crippen LogP contribution in [0.2, 0.25) is 0 Å². The molecule has 0 aliphatic rings. The maximum Gasteiger partial charge on any atom is 0.387 e. The summed E-state index contributed by atoms with van der Waals surface area (Å²) in [5.41, 5.74) is 0.550. The Morgan fingerprint density at radius 2 is 2.06 bits per heavy atom. The fourth-order valence-corrected chi connectivity index (χ4v) is 1.17. The molecule has 0 aromatic heterocycles. The number of anilines is 1. The minimum atomic E-state index is -3.01. The minimum Gasteiger partial charge on any atom is -0.432 e. The summed E-state index contributed by atoms with van der Waals surface area (Å²) in [5, 5.41) is 3.03. The molecule has 1 aromatic carbocycles. The third kappa shape index (κ3) is 3.64. The van der Waals surface area contributed by atoms with Crippen molar-refractivity contribution in [3.63, 3.8) is 0 Å². The summed E-state index contributed by atoms with van der Waals surface area (Å²) < 4.78 is 41.0. The summed E-state index contributed by atoms with van der Waals surface area (Å²) in [4.78, 5) is 0. The average molecular weight is 233 g/mol. The quantitative estimate of drug-likeness (QED) is 0.838. The van der Waals surface area contributed by atoms with E-state index in [1.807, 2.05) is 13.8 Å². The number of halogens is 3. The van der Waals surface area contributed by atoms with Crippen LogP contribution in [0.4, 0.5) is 18.9 Å². The molecule has 0 heterocycles. The van der Waals surface area contributed by atoms with E-state index in [4.69, 9.17) is 0 Å². The molecule has 5 heteroatoms. The molecule has 1 atom stereocenters. The van der Waals surface area contributed by atoms with Gasteiger partial charge in [0.1, 0.15) is 0 Å². The predicted molar refractivity (Wildman–Crippen MR) is 56.4 cm³/mol. The molecular weight excluding hydrogens is 219 g/mol. The van der Waals surface area contributed by atoms with E-state index in [0.29, 0.717) is 5.69 Å². The lowest BCUT2D eigenvalue weighted by Gasteiger charge is -2.14. The summed E-state index contributed by atoms with van der Waals surface area (Å²) in [6.45, 7) is 0.923. The lowest BCUT2D eigenvalue weighted by molar-refractivity contribution is -0.0521. The molecule has 1 aromatic rings. The molecule has 0 spiro atoms. The summed E-state index contributed by atoms with van der Waals surface area (Å²) in [6, 6.07) is 4.03. The summed E-state index contributed by atoms with van der Waals surface area (Å²) in [7, 11) is 0. The van der Waals surface area contributed by atoms with Gasteiger partial charge < -0.3 is 10.1 Å². The molecule has 0 saturated heterocycles. The third-order valence-electron chi connectivity index (χ3n) is 2.17. The summed E-state index contributed by atoms with van der Waals surface area (Å²) in [5.74, 6) is -1.24. The highest BCUT2D eigenvalue weighted by Crippen LogP contribution is 2.23. The van der Waals surface area contributed by atoms with Crippen molar-refractivity contribution in [2.24, 2.45) is 0 Å². The fourth-order valence-electron chi connectivity index (χ4n) is 1.17. The van der Waals surface area contributed by atoms with Gasteiger partial charge in [0.25, 0.3) is 0 Å². The number of hydrogen-bond donors (Lipinski definition) is 1.